The summed E-state index contributed by atoms with van der Waals surface area (Å²) in [6, 6.07) is 13.8. The second-order valence-corrected chi connectivity index (χ2v) is 6.65. The van der Waals surface area contributed by atoms with Gasteiger partial charge in [0.05, 0.1) is 31.1 Å². The van der Waals surface area contributed by atoms with Crippen LogP contribution < -0.4 is 15.0 Å². The third-order valence-corrected chi connectivity index (χ3v) is 4.92. The molecule has 140 valence electrons. The number of nitrogens with one attached hydrogen (secondary N) is 2. The number of aromatic nitrogens is 2. The highest BCUT2D eigenvalue weighted by atomic mass is 16.5. The highest BCUT2D eigenvalue weighted by molar-refractivity contribution is 6.01. The zero-order valence-electron chi connectivity index (χ0n) is 15.3. The topological polar surface area (TPSA) is 73.5 Å². The lowest BCUT2D eigenvalue weighted by molar-refractivity contribution is -0.117. The first-order valence-electron chi connectivity index (χ1n) is 9.06. The van der Waals surface area contributed by atoms with Gasteiger partial charge in [-0.05, 0) is 24.3 Å². The number of carbonyl (C=O) groups is 1. The minimum Gasteiger partial charge on any atom is -0.497 e. The number of piperazine rings is 1. The van der Waals surface area contributed by atoms with E-state index < -0.39 is 0 Å². The zero-order chi connectivity index (χ0) is 18.6. The molecule has 0 atom stereocenters. The predicted molar refractivity (Wildman–Crippen MR) is 106 cm³/mol. The van der Waals surface area contributed by atoms with Crippen LogP contribution in [0, 0.1) is 0 Å². The van der Waals surface area contributed by atoms with Crippen LogP contribution in [0.15, 0.2) is 48.7 Å². The summed E-state index contributed by atoms with van der Waals surface area (Å²) in [6.45, 7) is 3.86. The first-order chi connectivity index (χ1) is 13.2. The van der Waals surface area contributed by atoms with Gasteiger partial charge in [-0.15, -0.1) is 0 Å². The molecular weight excluding hydrogens is 342 g/mol. The van der Waals surface area contributed by atoms with Gasteiger partial charge in [-0.3, -0.25) is 14.8 Å². The molecule has 1 fully saturated rings. The maximum Gasteiger partial charge on any atom is 0.238 e. The number of benzene rings is 2. The van der Waals surface area contributed by atoms with Crippen molar-refractivity contribution in [3.05, 3.63) is 48.7 Å². The minimum absolute atomic E-state index is 0.00136. The van der Waals surface area contributed by atoms with Crippen LogP contribution in [0.4, 0.5) is 11.4 Å². The zero-order valence-corrected chi connectivity index (χ0v) is 15.3. The van der Waals surface area contributed by atoms with Crippen LogP contribution in [-0.2, 0) is 4.79 Å². The van der Waals surface area contributed by atoms with E-state index in [1.54, 1.807) is 13.3 Å². The largest absolute Gasteiger partial charge is 0.497 e. The second-order valence-electron chi connectivity index (χ2n) is 6.65. The van der Waals surface area contributed by atoms with Crippen molar-refractivity contribution in [2.75, 3.05) is 50.1 Å². The van der Waals surface area contributed by atoms with E-state index >= 15 is 0 Å². The molecule has 2 aromatic carbocycles. The molecule has 3 aromatic rings. The molecule has 2 heterocycles. The average Bonchev–Trinajstić information content (AvgIpc) is 3.18. The summed E-state index contributed by atoms with van der Waals surface area (Å²) in [5.74, 6) is 0.862. The van der Waals surface area contributed by atoms with Crippen LogP contribution in [0.2, 0.25) is 0 Å². The summed E-state index contributed by atoms with van der Waals surface area (Å²) >= 11 is 0. The van der Waals surface area contributed by atoms with Crippen LogP contribution in [0.25, 0.3) is 10.9 Å². The third kappa shape index (κ3) is 3.88. The smallest absolute Gasteiger partial charge is 0.238 e. The van der Waals surface area contributed by atoms with Crippen molar-refractivity contribution in [2.45, 2.75) is 0 Å². The number of ether oxygens (including phenoxy) is 1. The van der Waals surface area contributed by atoms with Gasteiger partial charge in [0.1, 0.15) is 5.75 Å². The fourth-order valence-electron chi connectivity index (χ4n) is 3.44. The van der Waals surface area contributed by atoms with E-state index in [1.807, 2.05) is 36.4 Å². The van der Waals surface area contributed by atoms with Crippen molar-refractivity contribution < 1.29 is 9.53 Å². The van der Waals surface area contributed by atoms with Gasteiger partial charge in [-0.2, -0.15) is 5.10 Å². The van der Waals surface area contributed by atoms with Gasteiger partial charge in [0.25, 0.3) is 0 Å². The fraction of sp³-hybridized carbons (Fsp3) is 0.300. The highest BCUT2D eigenvalue weighted by Crippen LogP contribution is 2.23. The molecule has 1 saturated heterocycles. The third-order valence-electron chi connectivity index (χ3n) is 4.92. The summed E-state index contributed by atoms with van der Waals surface area (Å²) in [7, 11) is 1.68. The van der Waals surface area contributed by atoms with Crippen LogP contribution >= 0.6 is 0 Å². The predicted octanol–water partition coefficient (Wildman–Crippen LogP) is 2.33. The number of carbonyl (C=O) groups excluding carboxylic acids is 1. The van der Waals surface area contributed by atoms with E-state index in [2.05, 4.69) is 31.4 Å². The molecule has 27 heavy (non-hydrogen) atoms. The molecule has 1 aliphatic rings. The Balaban J connectivity index is 1.32. The van der Waals surface area contributed by atoms with Crippen LogP contribution in [0.1, 0.15) is 0 Å². The van der Waals surface area contributed by atoms with E-state index in [4.69, 9.17) is 4.74 Å². The molecular formula is C20H23N5O2. The van der Waals surface area contributed by atoms with Gasteiger partial charge in [-0.1, -0.05) is 12.1 Å². The quantitative estimate of drug-likeness (QED) is 0.726. The molecule has 1 amide bonds. The Labute approximate surface area is 157 Å². The second kappa shape index (κ2) is 7.67. The Morgan fingerprint density at radius 1 is 1.19 bits per heavy atom. The number of methoxy groups -OCH3 is 1. The van der Waals surface area contributed by atoms with Crippen molar-refractivity contribution in [2.24, 2.45) is 0 Å². The van der Waals surface area contributed by atoms with Gasteiger partial charge in [0.15, 0.2) is 0 Å². The number of hydrogen-bond donors (Lipinski definition) is 2. The first kappa shape index (κ1) is 17.4. The number of rotatable bonds is 5. The van der Waals surface area contributed by atoms with Gasteiger partial charge in [-0.25, -0.2) is 0 Å². The van der Waals surface area contributed by atoms with Crippen LogP contribution in [0.3, 0.4) is 0 Å². The monoisotopic (exact) mass is 365 g/mol. The highest BCUT2D eigenvalue weighted by Gasteiger charge is 2.20. The average molecular weight is 365 g/mol. The summed E-state index contributed by atoms with van der Waals surface area (Å²) in [4.78, 5) is 17.0. The molecule has 7 heteroatoms. The van der Waals surface area contributed by atoms with Gasteiger partial charge in [0.2, 0.25) is 5.91 Å². The number of H-pyrrole nitrogens is 1. The molecule has 0 bridgehead atoms. The summed E-state index contributed by atoms with van der Waals surface area (Å²) < 4.78 is 5.30. The van der Waals surface area contributed by atoms with Crippen molar-refractivity contribution in [1.82, 2.24) is 15.1 Å². The number of fused-ring (bicyclic) bond motifs is 1. The van der Waals surface area contributed by atoms with Crippen molar-refractivity contribution >= 4 is 28.2 Å². The maximum atomic E-state index is 12.5. The van der Waals surface area contributed by atoms with E-state index in [0.29, 0.717) is 6.54 Å². The normalized spacial score (nSPS) is 15.1. The summed E-state index contributed by atoms with van der Waals surface area (Å²) in [5.41, 5.74) is 2.87. The molecule has 0 radical (unpaired) electrons. The number of aromatic amines is 1. The number of amides is 1. The lowest BCUT2D eigenvalue weighted by Crippen LogP contribution is -2.48. The molecule has 0 unspecified atom stereocenters. The van der Waals surface area contributed by atoms with E-state index in [-0.39, 0.29) is 5.91 Å². The Bertz CT molecular complexity index is 931. The van der Waals surface area contributed by atoms with E-state index in [1.165, 1.54) is 0 Å². The van der Waals surface area contributed by atoms with Crippen LogP contribution in [0.5, 0.6) is 5.75 Å². The van der Waals surface area contributed by atoms with E-state index in [0.717, 1.165) is 54.2 Å². The standard InChI is InChI=1S/C20H23N5O2/c1-27-16-5-2-4-15(12-16)25-10-8-24(9-11-25)14-20(26)22-18-6-3-7-19-17(18)13-21-23-19/h2-7,12-13H,8-11,14H2,1H3,(H,21,23)(H,22,26). The van der Waals surface area contributed by atoms with Crippen LogP contribution in [-0.4, -0.2) is 60.8 Å². The van der Waals surface area contributed by atoms with Crippen molar-refractivity contribution in [3.8, 4) is 5.75 Å². The van der Waals surface area contributed by atoms with Gasteiger partial charge >= 0.3 is 0 Å². The summed E-state index contributed by atoms with van der Waals surface area (Å²) in [6.07, 6.45) is 1.73. The molecule has 2 N–H and O–H groups in total. The minimum atomic E-state index is -0.00136. The fourth-order valence-corrected chi connectivity index (χ4v) is 3.44. The lowest BCUT2D eigenvalue weighted by Gasteiger charge is -2.35. The number of nitrogens with zero attached hydrogens (tertiary/aromatic N) is 3. The molecule has 1 aromatic heterocycles. The number of hydrogen-bond acceptors (Lipinski definition) is 5. The molecule has 4 rings (SSSR count). The van der Waals surface area contributed by atoms with Gasteiger partial charge in [0, 0.05) is 43.3 Å². The Morgan fingerprint density at radius 3 is 2.81 bits per heavy atom. The first-order valence-corrected chi connectivity index (χ1v) is 9.06. The molecule has 0 saturated carbocycles. The Kier molecular flexibility index (Phi) is 4.93. The maximum absolute atomic E-state index is 12.5. The summed E-state index contributed by atoms with van der Waals surface area (Å²) in [5, 5.41) is 10.9. The number of anilines is 2. The Morgan fingerprint density at radius 2 is 2.00 bits per heavy atom. The van der Waals surface area contributed by atoms with Gasteiger partial charge < -0.3 is 15.0 Å². The molecule has 1 aliphatic heterocycles. The Hall–Kier alpha value is -3.06. The van der Waals surface area contributed by atoms with E-state index in [9.17, 15) is 4.79 Å². The molecule has 0 spiro atoms. The molecule has 0 aliphatic carbocycles. The lowest BCUT2D eigenvalue weighted by atomic mass is 10.2. The van der Waals surface area contributed by atoms with Crippen molar-refractivity contribution in [1.29, 1.82) is 0 Å². The SMILES string of the molecule is COc1cccc(N2CCN(CC(=O)Nc3cccc4[nH]ncc34)CC2)c1. The van der Waals surface area contributed by atoms with Crippen molar-refractivity contribution in [3.63, 3.8) is 0 Å². The molecule has 7 nitrogen and oxygen atoms in total.